The van der Waals surface area contributed by atoms with Gasteiger partial charge in [0.05, 0.1) is 30.1 Å². The summed E-state index contributed by atoms with van der Waals surface area (Å²) in [4.78, 5) is 42.0. The minimum absolute atomic E-state index is 0. The molecule has 214 valence electrons. The number of imidazole rings is 1. The molecule has 2 aromatic rings. The van der Waals surface area contributed by atoms with Crippen molar-refractivity contribution in [2.45, 2.75) is 58.2 Å². The molecular weight excluding hydrogens is 513 g/mol. The Hall–Kier alpha value is -3.25. The molecule has 2 aliphatic rings. The number of carbonyl (C=O) groups is 3. The van der Waals surface area contributed by atoms with Gasteiger partial charge >= 0.3 is 12.1 Å². The topological polar surface area (TPSA) is 95.8 Å². The first-order valence-electron chi connectivity index (χ1n) is 12.4. The van der Waals surface area contributed by atoms with Crippen molar-refractivity contribution in [1.82, 2.24) is 24.9 Å². The number of hydrogen-bond donors (Lipinski definition) is 2. The van der Waals surface area contributed by atoms with E-state index in [1.54, 1.807) is 22.7 Å². The van der Waals surface area contributed by atoms with Crippen molar-refractivity contribution >= 4 is 23.2 Å². The number of rotatable bonds is 5. The molecule has 2 aromatic heterocycles. The Labute approximate surface area is 219 Å². The Morgan fingerprint density at radius 3 is 2.47 bits per heavy atom. The van der Waals surface area contributed by atoms with Gasteiger partial charge in [-0.2, -0.15) is 13.2 Å². The van der Waals surface area contributed by atoms with Crippen LogP contribution in [0.15, 0.2) is 30.9 Å². The van der Waals surface area contributed by atoms with Crippen molar-refractivity contribution in [3.63, 3.8) is 0 Å². The third-order valence-electron chi connectivity index (χ3n) is 6.38. The number of hydrogen-bond acceptors (Lipinski definition) is 4. The maximum absolute atomic E-state index is 13.5. The van der Waals surface area contributed by atoms with Crippen LogP contribution in [0.1, 0.15) is 53.2 Å². The molecule has 2 fully saturated rings. The summed E-state index contributed by atoms with van der Waals surface area (Å²) in [7, 11) is 0. The zero-order valence-electron chi connectivity index (χ0n) is 21.4. The van der Waals surface area contributed by atoms with Crippen LogP contribution in [0.25, 0.3) is 5.52 Å². The Bertz CT molecular complexity index is 1150. The second-order valence-electron chi connectivity index (χ2n) is 10.4. The van der Waals surface area contributed by atoms with Crippen molar-refractivity contribution in [2.24, 2.45) is 17.8 Å². The summed E-state index contributed by atoms with van der Waals surface area (Å²) in [5, 5.41) is 4.03. The zero-order chi connectivity index (χ0) is 28.3. The predicted octanol–water partition coefficient (Wildman–Crippen LogP) is 4.16. The third-order valence-corrected chi connectivity index (χ3v) is 6.38. The molecule has 1 aliphatic carbocycles. The molecular formula is C25H36F5N5O3. The van der Waals surface area contributed by atoms with E-state index in [0.29, 0.717) is 17.5 Å². The van der Waals surface area contributed by atoms with Crippen molar-refractivity contribution < 1.29 is 39.2 Å². The first-order valence-corrected chi connectivity index (χ1v) is 12.4. The van der Waals surface area contributed by atoms with E-state index in [2.05, 4.69) is 31.1 Å². The quantitative estimate of drug-likeness (QED) is 0.548. The lowest BCUT2D eigenvalue weighted by molar-refractivity contribution is -0.173. The summed E-state index contributed by atoms with van der Waals surface area (Å²) in [5.74, 6) is -6.21. The monoisotopic (exact) mass is 549 g/mol. The van der Waals surface area contributed by atoms with Crippen molar-refractivity contribution in [2.75, 3.05) is 19.6 Å². The highest BCUT2D eigenvalue weighted by Crippen LogP contribution is 2.48. The maximum Gasteiger partial charge on any atom is 0.471 e. The number of alkyl halides is 5. The van der Waals surface area contributed by atoms with Crippen molar-refractivity contribution in [3.8, 4) is 0 Å². The molecule has 0 aromatic carbocycles. The number of piperidine rings is 1. The maximum atomic E-state index is 13.5. The molecule has 3 heterocycles. The van der Waals surface area contributed by atoms with Crippen LogP contribution in [0.4, 0.5) is 22.0 Å². The van der Waals surface area contributed by atoms with Gasteiger partial charge in [0.1, 0.15) is 0 Å². The Balaban J connectivity index is 0.00000125. The average Bonchev–Trinajstić information content (AvgIpc) is 3.28. The standard InChI is InChI=1S/C21H22F5N5O3.C4H10.2H2/c22-20(23)6-12(7-20)13-3-5-30(18(33)14-2-1-4-31-11-27-8-16(14)31)10-15(13)29-17(32)9-28-19(34)21(24,25)26;1-4(2)3;;/h1-2,4,8,11-13,15H,3,5-7,9-10H2,(H,28,34)(H,29,32);4H,1-3H3;2*1H/t13-,15+;;;/m0.../s1. The molecule has 8 nitrogen and oxygen atoms in total. The van der Waals surface area contributed by atoms with Gasteiger partial charge in [0.15, 0.2) is 0 Å². The summed E-state index contributed by atoms with van der Waals surface area (Å²) < 4.78 is 65.8. The van der Waals surface area contributed by atoms with Crippen molar-refractivity contribution in [1.29, 1.82) is 0 Å². The molecule has 2 N–H and O–H groups in total. The van der Waals surface area contributed by atoms with E-state index in [1.807, 2.05) is 0 Å². The van der Waals surface area contributed by atoms with Gasteiger partial charge in [-0.25, -0.2) is 13.8 Å². The number of aromatic nitrogens is 2. The average molecular weight is 550 g/mol. The van der Waals surface area contributed by atoms with Crippen LogP contribution in [0, 0.1) is 17.8 Å². The van der Waals surface area contributed by atoms with Gasteiger partial charge in [0, 0.05) is 41.0 Å². The molecule has 0 spiro atoms. The summed E-state index contributed by atoms with van der Waals surface area (Å²) in [6.07, 6.45) is -0.708. The highest BCUT2D eigenvalue weighted by atomic mass is 19.4. The number of nitrogens with zero attached hydrogens (tertiary/aromatic N) is 3. The fourth-order valence-electron chi connectivity index (χ4n) is 4.70. The van der Waals surface area contributed by atoms with E-state index >= 15 is 0 Å². The number of halogens is 5. The summed E-state index contributed by atoms with van der Waals surface area (Å²) in [5.41, 5.74) is 0.944. The fraction of sp³-hybridized carbons (Fsp3) is 0.600. The summed E-state index contributed by atoms with van der Waals surface area (Å²) >= 11 is 0. The highest BCUT2D eigenvalue weighted by Gasteiger charge is 2.51. The van der Waals surface area contributed by atoms with E-state index in [-0.39, 0.29) is 46.5 Å². The summed E-state index contributed by atoms with van der Waals surface area (Å²) in [6.45, 7) is 5.85. The highest BCUT2D eigenvalue weighted by molar-refractivity contribution is 6.00. The van der Waals surface area contributed by atoms with Crippen LogP contribution >= 0.6 is 0 Å². The predicted molar refractivity (Wildman–Crippen MR) is 133 cm³/mol. The van der Waals surface area contributed by atoms with Crippen LogP contribution in [0.3, 0.4) is 0 Å². The van der Waals surface area contributed by atoms with Gasteiger partial charge in [0.2, 0.25) is 11.8 Å². The largest absolute Gasteiger partial charge is 0.471 e. The van der Waals surface area contributed by atoms with Crippen LogP contribution in [0.5, 0.6) is 0 Å². The second-order valence-corrected chi connectivity index (χ2v) is 10.4. The minimum atomic E-state index is -5.14. The lowest BCUT2D eigenvalue weighted by Crippen LogP contribution is -2.59. The molecule has 38 heavy (non-hydrogen) atoms. The molecule has 1 saturated heterocycles. The molecule has 0 bridgehead atoms. The van der Waals surface area contributed by atoms with E-state index in [1.165, 1.54) is 22.7 Å². The van der Waals surface area contributed by atoms with Gasteiger partial charge in [0.25, 0.3) is 5.91 Å². The van der Waals surface area contributed by atoms with Gasteiger partial charge in [-0.1, -0.05) is 20.8 Å². The van der Waals surface area contributed by atoms with Gasteiger partial charge in [-0.05, 0) is 36.3 Å². The van der Waals surface area contributed by atoms with E-state index < -0.39 is 36.5 Å². The lowest BCUT2D eigenvalue weighted by Gasteiger charge is -2.47. The van der Waals surface area contributed by atoms with E-state index in [9.17, 15) is 36.3 Å². The van der Waals surface area contributed by atoms with Crippen LogP contribution in [0.2, 0.25) is 0 Å². The zero-order valence-corrected chi connectivity index (χ0v) is 21.4. The molecule has 1 saturated carbocycles. The molecule has 0 unspecified atom stereocenters. The van der Waals surface area contributed by atoms with Gasteiger partial charge in [-0.15, -0.1) is 0 Å². The fourth-order valence-corrected chi connectivity index (χ4v) is 4.70. The Kier molecular flexibility index (Phi) is 8.98. The van der Waals surface area contributed by atoms with Crippen LogP contribution in [-0.4, -0.2) is 69.8 Å². The normalized spacial score (nSPS) is 21.3. The SMILES string of the molecule is CC(C)C.O=C(CNC(=O)C(F)(F)F)N[C@@H]1CN(C(=O)c2cccn3cncc23)CC[C@H]1C1CC(F)(F)C1.[HH].[HH]. The molecule has 13 heteroatoms. The van der Waals surface area contributed by atoms with Gasteiger partial charge < -0.3 is 19.9 Å². The number of amides is 3. The summed E-state index contributed by atoms with van der Waals surface area (Å²) in [6, 6.07) is 2.55. The molecule has 1 aliphatic heterocycles. The minimum Gasteiger partial charge on any atom is -0.350 e. The number of pyridine rings is 1. The second kappa shape index (κ2) is 11.6. The molecule has 4 rings (SSSR count). The van der Waals surface area contributed by atoms with Crippen LogP contribution in [-0.2, 0) is 9.59 Å². The number of fused-ring (bicyclic) bond motifs is 1. The molecule has 2 atom stereocenters. The Morgan fingerprint density at radius 2 is 1.87 bits per heavy atom. The lowest BCUT2D eigenvalue weighted by atomic mass is 9.68. The first-order chi connectivity index (χ1) is 17.7. The first kappa shape index (κ1) is 29.3. The van der Waals surface area contributed by atoms with Crippen LogP contribution < -0.4 is 10.6 Å². The molecule has 0 radical (unpaired) electrons. The number of likely N-dealkylation sites (tertiary alicyclic amines) is 1. The number of nitrogens with one attached hydrogen (secondary N) is 2. The third kappa shape index (κ3) is 7.41. The van der Waals surface area contributed by atoms with E-state index in [4.69, 9.17) is 0 Å². The number of carbonyl (C=O) groups excluding carboxylic acids is 3. The Morgan fingerprint density at radius 1 is 1.21 bits per heavy atom. The van der Waals surface area contributed by atoms with Gasteiger partial charge in [-0.3, -0.25) is 14.4 Å². The van der Waals surface area contributed by atoms with E-state index in [0.717, 1.165) is 5.92 Å². The van der Waals surface area contributed by atoms with Crippen molar-refractivity contribution in [3.05, 3.63) is 36.4 Å². The molecule has 3 amide bonds. The smallest absolute Gasteiger partial charge is 0.350 e.